The molecule has 0 spiro atoms. The van der Waals surface area contributed by atoms with Crippen LogP contribution < -0.4 is 0 Å². The van der Waals surface area contributed by atoms with Crippen LogP contribution in [0.1, 0.15) is 0 Å². The molecule has 0 radical (unpaired) electrons. The van der Waals surface area contributed by atoms with E-state index in [4.69, 9.17) is 5.26 Å². The first-order chi connectivity index (χ1) is 4.84. The summed E-state index contributed by atoms with van der Waals surface area (Å²) >= 11 is 3.24. The quantitative estimate of drug-likeness (QED) is 0.337. The molecular weight excluding hydrogens is 259 g/mol. The highest BCUT2D eigenvalue weighted by Crippen LogP contribution is 2.20. The molecule has 0 unspecified atom stereocenters. The van der Waals surface area contributed by atoms with Crippen LogP contribution in [0.2, 0.25) is 0 Å². The van der Waals surface area contributed by atoms with Crippen molar-refractivity contribution in [2.45, 2.75) is 4.90 Å². The van der Waals surface area contributed by atoms with E-state index in [0.717, 1.165) is 20.4 Å². The molecule has 2 nitrogen and oxygen atoms in total. The average molecular weight is 262 g/mol. The van der Waals surface area contributed by atoms with Gasteiger partial charge in [0.1, 0.15) is 9.10 Å². The van der Waals surface area contributed by atoms with Gasteiger partial charge in [0.15, 0.2) is 0 Å². The van der Waals surface area contributed by atoms with E-state index in [0.29, 0.717) is 0 Å². The molecule has 0 amide bonds. The number of thiocyanates is 1. The van der Waals surface area contributed by atoms with Crippen molar-refractivity contribution in [2.75, 3.05) is 0 Å². The van der Waals surface area contributed by atoms with Crippen LogP contribution >= 0.6 is 34.4 Å². The van der Waals surface area contributed by atoms with Crippen molar-refractivity contribution >= 4 is 34.4 Å². The second kappa shape index (κ2) is 3.78. The highest BCUT2D eigenvalue weighted by atomic mass is 127. The Morgan fingerprint density at radius 3 is 3.10 bits per heavy atom. The van der Waals surface area contributed by atoms with Crippen molar-refractivity contribution in [2.24, 2.45) is 0 Å². The lowest BCUT2D eigenvalue weighted by Crippen LogP contribution is -1.80. The standard InChI is InChI=1S/C6H3IN2S/c7-6-5(10-4-8)2-1-3-9-6/h1-3H. The summed E-state index contributed by atoms with van der Waals surface area (Å²) in [4.78, 5) is 4.93. The SMILES string of the molecule is N#CSc1cccnc1I. The van der Waals surface area contributed by atoms with E-state index in [1.54, 1.807) is 6.20 Å². The van der Waals surface area contributed by atoms with E-state index in [1.807, 2.05) is 17.5 Å². The van der Waals surface area contributed by atoms with E-state index in [9.17, 15) is 0 Å². The molecule has 1 aromatic rings. The highest BCUT2D eigenvalue weighted by molar-refractivity contribution is 14.1. The molecule has 0 saturated heterocycles. The van der Waals surface area contributed by atoms with Crippen LogP contribution in [0.4, 0.5) is 0 Å². The van der Waals surface area contributed by atoms with Gasteiger partial charge in [-0.25, -0.2) is 4.98 Å². The molecule has 1 heterocycles. The molecule has 1 rings (SSSR count). The summed E-state index contributed by atoms with van der Waals surface area (Å²) in [6.07, 6.45) is 1.71. The molecule has 0 fully saturated rings. The van der Waals surface area contributed by atoms with Gasteiger partial charge < -0.3 is 0 Å². The number of rotatable bonds is 1. The maximum Gasteiger partial charge on any atom is 0.138 e. The van der Waals surface area contributed by atoms with Gasteiger partial charge in [-0.2, -0.15) is 5.26 Å². The van der Waals surface area contributed by atoms with E-state index in [2.05, 4.69) is 27.6 Å². The number of nitriles is 1. The Hall–Kier alpha value is -0.280. The van der Waals surface area contributed by atoms with Crippen molar-refractivity contribution < 1.29 is 0 Å². The number of thioether (sulfide) groups is 1. The minimum atomic E-state index is 0.881. The lowest BCUT2D eigenvalue weighted by atomic mass is 10.5. The maximum atomic E-state index is 8.33. The fraction of sp³-hybridized carbons (Fsp3) is 0. The predicted octanol–water partition coefficient (Wildman–Crippen LogP) is 2.26. The summed E-state index contributed by atoms with van der Waals surface area (Å²) in [5, 5.41) is 10.3. The molecule has 0 aliphatic carbocycles. The molecule has 0 aromatic carbocycles. The molecule has 1 aromatic heterocycles. The van der Waals surface area contributed by atoms with Gasteiger partial charge in [0.2, 0.25) is 0 Å². The van der Waals surface area contributed by atoms with Crippen LogP contribution in [0.15, 0.2) is 23.2 Å². The van der Waals surface area contributed by atoms with Crippen LogP contribution in [0.5, 0.6) is 0 Å². The largest absolute Gasteiger partial charge is 0.249 e. The molecule has 10 heavy (non-hydrogen) atoms. The molecule has 4 heteroatoms. The van der Waals surface area contributed by atoms with Gasteiger partial charge in [-0.1, -0.05) is 0 Å². The summed E-state index contributed by atoms with van der Waals surface area (Å²) in [7, 11) is 0. The minimum absolute atomic E-state index is 0.881. The Balaban J connectivity index is 2.94. The number of halogens is 1. The first-order valence-corrected chi connectivity index (χ1v) is 4.40. The van der Waals surface area contributed by atoms with E-state index in [1.165, 1.54) is 0 Å². The van der Waals surface area contributed by atoms with Crippen molar-refractivity contribution in [1.29, 1.82) is 5.26 Å². The maximum absolute atomic E-state index is 8.33. The first kappa shape index (κ1) is 7.82. The fourth-order valence-electron chi connectivity index (χ4n) is 0.497. The monoisotopic (exact) mass is 262 g/mol. The topological polar surface area (TPSA) is 36.7 Å². The third-order valence-corrected chi connectivity index (χ3v) is 2.75. The number of pyridine rings is 1. The van der Waals surface area contributed by atoms with Gasteiger partial charge in [-0.3, -0.25) is 0 Å². The van der Waals surface area contributed by atoms with Crippen molar-refractivity contribution in [3.05, 3.63) is 22.0 Å². The van der Waals surface area contributed by atoms with Crippen LogP contribution in [-0.2, 0) is 0 Å². The highest BCUT2D eigenvalue weighted by Gasteiger charge is 1.97. The third-order valence-electron chi connectivity index (χ3n) is 0.880. The number of nitrogens with zero attached hydrogens (tertiary/aromatic N) is 2. The molecule has 0 bridgehead atoms. The first-order valence-electron chi connectivity index (χ1n) is 2.51. The van der Waals surface area contributed by atoms with E-state index >= 15 is 0 Å². The second-order valence-electron chi connectivity index (χ2n) is 1.49. The van der Waals surface area contributed by atoms with Gasteiger partial charge >= 0.3 is 0 Å². The summed E-state index contributed by atoms with van der Waals surface area (Å²) in [6, 6.07) is 3.70. The summed E-state index contributed by atoms with van der Waals surface area (Å²) in [6.45, 7) is 0. The lowest BCUT2D eigenvalue weighted by molar-refractivity contribution is 1.18. The van der Waals surface area contributed by atoms with Gasteiger partial charge in [0.25, 0.3) is 0 Å². The Morgan fingerprint density at radius 1 is 1.70 bits per heavy atom. The number of aromatic nitrogens is 1. The van der Waals surface area contributed by atoms with E-state index in [-0.39, 0.29) is 0 Å². The van der Waals surface area contributed by atoms with E-state index < -0.39 is 0 Å². The van der Waals surface area contributed by atoms with Crippen molar-refractivity contribution in [3.63, 3.8) is 0 Å². The van der Waals surface area contributed by atoms with Crippen LogP contribution in [0, 0.1) is 14.4 Å². The summed E-state index contributed by atoms with van der Waals surface area (Å²) in [5.41, 5.74) is 0. The van der Waals surface area contributed by atoms with Gasteiger partial charge in [-0.15, -0.1) is 0 Å². The Morgan fingerprint density at radius 2 is 2.50 bits per heavy atom. The zero-order valence-corrected chi connectivity index (χ0v) is 7.89. The smallest absolute Gasteiger partial charge is 0.138 e. The molecule has 0 N–H and O–H groups in total. The molecule has 0 atom stereocenters. The Labute approximate surface area is 76.8 Å². The molecule has 50 valence electrons. The Kier molecular flexibility index (Phi) is 2.96. The second-order valence-corrected chi connectivity index (χ2v) is 3.33. The normalized spacial score (nSPS) is 8.80. The zero-order valence-electron chi connectivity index (χ0n) is 4.91. The minimum Gasteiger partial charge on any atom is -0.249 e. The number of hydrogen-bond donors (Lipinski definition) is 0. The fourth-order valence-corrected chi connectivity index (χ4v) is 1.55. The molecule has 0 saturated carbocycles. The molecule has 0 aliphatic rings. The summed E-state index contributed by atoms with van der Waals surface area (Å²) < 4.78 is 0.881. The predicted molar refractivity (Wildman–Crippen MR) is 48.4 cm³/mol. The zero-order chi connectivity index (χ0) is 7.40. The van der Waals surface area contributed by atoms with Crippen LogP contribution in [-0.4, -0.2) is 4.98 Å². The lowest BCUT2D eigenvalue weighted by Gasteiger charge is -1.93. The molecule has 0 aliphatic heterocycles. The van der Waals surface area contributed by atoms with Crippen LogP contribution in [0.3, 0.4) is 0 Å². The third kappa shape index (κ3) is 1.85. The van der Waals surface area contributed by atoms with Gasteiger partial charge in [0, 0.05) is 6.20 Å². The van der Waals surface area contributed by atoms with Crippen LogP contribution in [0.25, 0.3) is 0 Å². The van der Waals surface area contributed by atoms with Crippen molar-refractivity contribution in [1.82, 2.24) is 4.98 Å². The average Bonchev–Trinajstić information content (AvgIpc) is 1.94. The number of hydrogen-bond acceptors (Lipinski definition) is 3. The Bertz CT molecular complexity index is 269. The van der Waals surface area contributed by atoms with Gasteiger partial charge in [-0.05, 0) is 46.5 Å². The van der Waals surface area contributed by atoms with Gasteiger partial charge in [0.05, 0.1) is 4.90 Å². The molecular formula is C6H3IN2S. The summed E-state index contributed by atoms with van der Waals surface area (Å²) in [5.74, 6) is 0. The van der Waals surface area contributed by atoms with Crippen molar-refractivity contribution in [3.8, 4) is 5.40 Å².